The summed E-state index contributed by atoms with van der Waals surface area (Å²) in [5.74, 6) is 0.939. The van der Waals surface area contributed by atoms with E-state index in [2.05, 4.69) is 30.9 Å². The monoisotopic (exact) mass is 554 g/mol. The molecule has 0 aliphatic heterocycles. The third-order valence-corrected chi connectivity index (χ3v) is 4.33. The van der Waals surface area contributed by atoms with Gasteiger partial charge in [-0.2, -0.15) is 13.2 Å². The molecule has 0 spiro atoms. The summed E-state index contributed by atoms with van der Waals surface area (Å²) in [5.41, 5.74) is -0.890. The Morgan fingerprint density at radius 1 is 1.26 bits per heavy atom. The van der Waals surface area contributed by atoms with Gasteiger partial charge >= 0.3 is 6.18 Å². The number of hydrogen-bond acceptors (Lipinski definition) is 5. The number of pyridine rings is 1. The van der Waals surface area contributed by atoms with Gasteiger partial charge in [-0.25, -0.2) is 9.97 Å². The van der Waals surface area contributed by atoms with E-state index in [0.29, 0.717) is 39.9 Å². The van der Waals surface area contributed by atoms with E-state index in [1.54, 1.807) is 13.1 Å². The Kier molecular flexibility index (Phi) is 9.84. The van der Waals surface area contributed by atoms with Crippen LogP contribution in [-0.2, 0) is 12.7 Å². The van der Waals surface area contributed by atoms with Gasteiger partial charge in [0, 0.05) is 31.7 Å². The van der Waals surface area contributed by atoms with Crippen LogP contribution in [0.5, 0.6) is 0 Å². The van der Waals surface area contributed by atoms with Gasteiger partial charge in [0.05, 0.1) is 16.6 Å². The maximum atomic E-state index is 12.5. The summed E-state index contributed by atoms with van der Waals surface area (Å²) in [4.78, 5) is 11.6. The Labute approximate surface area is 185 Å². The summed E-state index contributed by atoms with van der Waals surface area (Å²) < 4.78 is 37.6. The number of hydrogen-bond donors (Lipinski definition) is 3. The number of aromatic nitrogens is 2. The number of guanidine groups is 1. The summed E-state index contributed by atoms with van der Waals surface area (Å²) in [6.45, 7) is 1.11. The fourth-order valence-electron chi connectivity index (χ4n) is 1.81. The Morgan fingerprint density at radius 2 is 2.00 bits per heavy atom. The number of nitrogens with zero attached hydrogens (tertiary/aromatic N) is 3. The second-order valence-electron chi connectivity index (χ2n) is 4.89. The summed E-state index contributed by atoms with van der Waals surface area (Å²) in [5, 5.41) is 11.1. The standard InChI is InChI=1S/C14H15Cl2F3N6S.HI/c1-20-13(24-6-11-25-10(7-26-11)14(17,18)19)22-3-2-21-12-9(16)4-8(15)5-23-12;/h4-5,7H,2-3,6H2,1H3,(H,21,23)(H2,20,22,24);1H. The molecular weight excluding hydrogens is 539 g/mol. The molecule has 2 aromatic heterocycles. The molecule has 0 amide bonds. The molecule has 0 unspecified atom stereocenters. The number of halogens is 6. The minimum absolute atomic E-state index is 0. The zero-order chi connectivity index (χ0) is 19.2. The first-order valence-electron chi connectivity index (χ1n) is 7.30. The number of nitrogens with one attached hydrogen (secondary N) is 3. The van der Waals surface area contributed by atoms with Crippen molar-refractivity contribution in [2.45, 2.75) is 12.7 Å². The zero-order valence-electron chi connectivity index (χ0n) is 13.9. The first kappa shape index (κ1) is 24.0. The number of anilines is 1. The van der Waals surface area contributed by atoms with Crippen molar-refractivity contribution in [3.8, 4) is 0 Å². The molecule has 0 saturated heterocycles. The highest BCUT2D eigenvalue weighted by Crippen LogP contribution is 2.29. The van der Waals surface area contributed by atoms with E-state index in [1.165, 1.54) is 6.20 Å². The molecular formula is C14H16Cl2F3IN6S. The summed E-state index contributed by atoms with van der Waals surface area (Å²) >= 11 is 12.7. The molecule has 3 N–H and O–H groups in total. The maximum absolute atomic E-state index is 12.5. The maximum Gasteiger partial charge on any atom is 0.434 e. The smallest absolute Gasteiger partial charge is 0.367 e. The molecule has 2 heterocycles. The minimum Gasteiger partial charge on any atom is -0.367 e. The SMILES string of the molecule is CN=C(NCCNc1ncc(Cl)cc1Cl)NCc1nc(C(F)(F)F)cs1.I. The highest BCUT2D eigenvalue weighted by atomic mass is 127. The van der Waals surface area contributed by atoms with Gasteiger partial charge in [-0.15, -0.1) is 35.3 Å². The number of aliphatic imine (C=N–C) groups is 1. The Hall–Kier alpha value is -1.05. The van der Waals surface area contributed by atoms with Crippen LogP contribution in [0.4, 0.5) is 19.0 Å². The van der Waals surface area contributed by atoms with Gasteiger partial charge in [0.1, 0.15) is 10.8 Å². The molecule has 2 rings (SSSR count). The molecule has 0 aromatic carbocycles. The molecule has 0 atom stereocenters. The Bertz CT molecular complexity index is 772. The van der Waals surface area contributed by atoms with Crippen LogP contribution in [0.3, 0.4) is 0 Å². The van der Waals surface area contributed by atoms with E-state index in [0.717, 1.165) is 16.7 Å². The highest BCUT2D eigenvalue weighted by Gasteiger charge is 2.33. The van der Waals surface area contributed by atoms with Gasteiger partial charge < -0.3 is 16.0 Å². The van der Waals surface area contributed by atoms with Gasteiger partial charge in [-0.1, -0.05) is 23.2 Å². The first-order valence-corrected chi connectivity index (χ1v) is 8.94. The van der Waals surface area contributed by atoms with Crippen molar-refractivity contribution >= 4 is 70.3 Å². The van der Waals surface area contributed by atoms with Crippen LogP contribution in [0.25, 0.3) is 0 Å². The number of rotatable bonds is 6. The van der Waals surface area contributed by atoms with E-state index in [4.69, 9.17) is 23.2 Å². The zero-order valence-corrected chi connectivity index (χ0v) is 18.6. The lowest BCUT2D eigenvalue weighted by atomic mass is 10.4. The van der Waals surface area contributed by atoms with Crippen LogP contribution in [0.1, 0.15) is 10.7 Å². The fourth-order valence-corrected chi connectivity index (χ4v) is 3.00. The molecule has 150 valence electrons. The summed E-state index contributed by atoms with van der Waals surface area (Å²) in [7, 11) is 1.56. The molecule has 0 aliphatic rings. The van der Waals surface area contributed by atoms with Crippen molar-refractivity contribution in [2.75, 3.05) is 25.5 Å². The molecule has 6 nitrogen and oxygen atoms in total. The molecule has 0 radical (unpaired) electrons. The molecule has 0 aliphatic carbocycles. The third-order valence-electron chi connectivity index (χ3n) is 2.99. The van der Waals surface area contributed by atoms with Crippen molar-refractivity contribution < 1.29 is 13.2 Å². The van der Waals surface area contributed by atoms with Crippen LogP contribution < -0.4 is 16.0 Å². The predicted octanol–water partition coefficient (Wildman–Crippen LogP) is 4.26. The fraction of sp³-hybridized carbons (Fsp3) is 0.357. The predicted molar refractivity (Wildman–Crippen MR) is 113 cm³/mol. The average molecular weight is 555 g/mol. The van der Waals surface area contributed by atoms with Crippen molar-refractivity contribution in [3.05, 3.63) is 38.4 Å². The average Bonchev–Trinajstić information content (AvgIpc) is 3.05. The first-order chi connectivity index (χ1) is 12.3. The molecule has 13 heteroatoms. The number of alkyl halides is 3. The normalized spacial score (nSPS) is 11.7. The molecule has 0 saturated carbocycles. The largest absolute Gasteiger partial charge is 0.434 e. The van der Waals surface area contributed by atoms with Gasteiger partial charge in [0.15, 0.2) is 11.7 Å². The van der Waals surface area contributed by atoms with Crippen LogP contribution in [0, 0.1) is 0 Å². The van der Waals surface area contributed by atoms with Crippen molar-refractivity contribution in [3.63, 3.8) is 0 Å². The second-order valence-corrected chi connectivity index (χ2v) is 6.67. The van der Waals surface area contributed by atoms with Gasteiger partial charge in [0.2, 0.25) is 0 Å². The van der Waals surface area contributed by atoms with Crippen molar-refractivity contribution in [2.24, 2.45) is 4.99 Å². The van der Waals surface area contributed by atoms with Crippen LogP contribution in [0.15, 0.2) is 22.6 Å². The topological polar surface area (TPSA) is 74.2 Å². The Balaban J connectivity index is 0.00000364. The van der Waals surface area contributed by atoms with Gasteiger partial charge in [-0.3, -0.25) is 4.99 Å². The van der Waals surface area contributed by atoms with Crippen molar-refractivity contribution in [1.82, 2.24) is 20.6 Å². The Morgan fingerprint density at radius 3 is 2.59 bits per heavy atom. The van der Waals surface area contributed by atoms with Gasteiger partial charge in [0.25, 0.3) is 0 Å². The highest BCUT2D eigenvalue weighted by molar-refractivity contribution is 14.0. The van der Waals surface area contributed by atoms with E-state index < -0.39 is 11.9 Å². The lowest BCUT2D eigenvalue weighted by Gasteiger charge is -2.12. The van der Waals surface area contributed by atoms with Crippen LogP contribution >= 0.6 is 58.5 Å². The quantitative estimate of drug-likeness (QED) is 0.215. The van der Waals surface area contributed by atoms with Crippen molar-refractivity contribution in [1.29, 1.82) is 0 Å². The van der Waals surface area contributed by atoms with Crippen LogP contribution in [-0.4, -0.2) is 36.1 Å². The molecule has 0 fully saturated rings. The summed E-state index contributed by atoms with van der Waals surface area (Å²) in [6, 6.07) is 1.58. The van der Waals surface area contributed by atoms with E-state index >= 15 is 0 Å². The molecule has 2 aromatic rings. The van der Waals surface area contributed by atoms with E-state index in [1.807, 2.05) is 0 Å². The van der Waals surface area contributed by atoms with Gasteiger partial charge in [-0.05, 0) is 6.07 Å². The lowest BCUT2D eigenvalue weighted by molar-refractivity contribution is -0.140. The third kappa shape index (κ3) is 7.84. The van der Waals surface area contributed by atoms with E-state index in [-0.39, 0.29) is 30.5 Å². The second kappa shape index (κ2) is 11.1. The lowest BCUT2D eigenvalue weighted by Crippen LogP contribution is -2.39. The minimum atomic E-state index is -4.43. The molecule has 0 bridgehead atoms. The van der Waals surface area contributed by atoms with Crippen LogP contribution in [0.2, 0.25) is 10.0 Å². The molecule has 27 heavy (non-hydrogen) atoms. The van der Waals surface area contributed by atoms with E-state index in [9.17, 15) is 13.2 Å². The number of thiazole rings is 1. The summed E-state index contributed by atoms with van der Waals surface area (Å²) in [6.07, 6.45) is -2.95.